The fourth-order valence-corrected chi connectivity index (χ4v) is 5.46. The summed E-state index contributed by atoms with van der Waals surface area (Å²) in [5, 5.41) is 15.2. The number of carbonyl (C=O) groups excluding carboxylic acids is 1. The molecule has 1 aliphatic heterocycles. The highest BCUT2D eigenvalue weighted by Gasteiger charge is 2.37. The van der Waals surface area contributed by atoms with Gasteiger partial charge in [0.1, 0.15) is 11.5 Å². The van der Waals surface area contributed by atoms with Crippen molar-refractivity contribution in [2.45, 2.75) is 31.7 Å². The van der Waals surface area contributed by atoms with Crippen LogP contribution in [0.4, 0.5) is 19.4 Å². The molecule has 1 saturated carbocycles. The van der Waals surface area contributed by atoms with Crippen LogP contribution in [-0.4, -0.2) is 56.2 Å². The summed E-state index contributed by atoms with van der Waals surface area (Å²) in [6.07, 6.45) is 6.06. The molecule has 2 fully saturated rings. The molecule has 2 amide bonds. The number of halogens is 2. The monoisotopic (exact) mass is 531 g/mol. The standard InChI is InChI=1S/C29H31F2N7O/c1-18-27(21-13-32-36(2)15-21)35-38(22-6-4-3-5-7-22)28(18)34-29(39)33-26-17-37(14-19-8-9-19)16-23(26)20-10-11-24(30)25(31)12-20/h3-7,10-13,15,19,23,26H,8-9,14,16-17H2,1-2H3,(H2,33,34,39)/t23-,26+/m0/s1. The zero-order valence-corrected chi connectivity index (χ0v) is 21.9. The molecular formula is C29H31F2N7O. The molecule has 39 heavy (non-hydrogen) atoms. The van der Waals surface area contributed by atoms with Crippen LogP contribution in [0.1, 0.15) is 29.9 Å². The van der Waals surface area contributed by atoms with Gasteiger partial charge < -0.3 is 10.2 Å². The fraction of sp³-hybridized carbons (Fsp3) is 0.345. The summed E-state index contributed by atoms with van der Waals surface area (Å²) in [5.41, 5.74) is 3.86. The van der Waals surface area contributed by atoms with Crippen LogP contribution in [0.2, 0.25) is 0 Å². The number of aryl methyl sites for hydroxylation is 1. The Morgan fingerprint density at radius 2 is 1.87 bits per heavy atom. The summed E-state index contributed by atoms with van der Waals surface area (Å²) in [5.74, 6) is -0.674. The third kappa shape index (κ3) is 5.29. The molecule has 1 aliphatic carbocycles. The Morgan fingerprint density at radius 3 is 2.56 bits per heavy atom. The Bertz CT molecular complexity index is 1490. The number of para-hydroxylation sites is 1. The average Bonchev–Trinajstić information content (AvgIpc) is 3.35. The minimum atomic E-state index is -0.873. The Morgan fingerprint density at radius 1 is 1.08 bits per heavy atom. The third-order valence-electron chi connectivity index (χ3n) is 7.63. The van der Waals surface area contributed by atoms with Crippen molar-refractivity contribution in [2.24, 2.45) is 13.0 Å². The van der Waals surface area contributed by atoms with Crippen LogP contribution in [0.15, 0.2) is 60.9 Å². The quantitative estimate of drug-likeness (QED) is 0.357. The molecule has 0 bridgehead atoms. The molecule has 0 spiro atoms. The second-order valence-electron chi connectivity index (χ2n) is 10.6. The highest BCUT2D eigenvalue weighted by Crippen LogP contribution is 2.35. The van der Waals surface area contributed by atoms with Crippen LogP contribution in [0, 0.1) is 24.5 Å². The maximum atomic E-state index is 14.1. The lowest BCUT2D eigenvalue weighted by molar-refractivity contribution is 0.246. The summed E-state index contributed by atoms with van der Waals surface area (Å²) in [4.78, 5) is 15.8. The van der Waals surface area contributed by atoms with E-state index in [0.29, 0.717) is 30.4 Å². The molecule has 2 N–H and O–H groups in total. The van der Waals surface area contributed by atoms with Gasteiger partial charge in [0.25, 0.3) is 0 Å². The number of amides is 2. The molecule has 2 atom stereocenters. The number of urea groups is 1. The molecule has 202 valence electrons. The van der Waals surface area contributed by atoms with E-state index >= 15 is 0 Å². The molecule has 1 saturated heterocycles. The molecule has 3 heterocycles. The van der Waals surface area contributed by atoms with E-state index in [-0.39, 0.29) is 18.0 Å². The summed E-state index contributed by atoms with van der Waals surface area (Å²) in [6.45, 7) is 4.19. The molecule has 10 heteroatoms. The minimum absolute atomic E-state index is 0.157. The third-order valence-corrected chi connectivity index (χ3v) is 7.63. The number of likely N-dealkylation sites (tertiary alicyclic amines) is 1. The average molecular weight is 532 g/mol. The number of hydrogen-bond acceptors (Lipinski definition) is 4. The van der Waals surface area contributed by atoms with Crippen LogP contribution >= 0.6 is 0 Å². The molecule has 6 rings (SSSR count). The van der Waals surface area contributed by atoms with Crippen molar-refractivity contribution < 1.29 is 13.6 Å². The van der Waals surface area contributed by atoms with Gasteiger partial charge in [0.2, 0.25) is 0 Å². The van der Waals surface area contributed by atoms with E-state index in [1.807, 2.05) is 50.5 Å². The molecule has 2 aromatic carbocycles. The Hall–Kier alpha value is -4.05. The zero-order valence-electron chi connectivity index (χ0n) is 21.9. The van der Waals surface area contributed by atoms with Crippen LogP contribution in [0.25, 0.3) is 16.9 Å². The van der Waals surface area contributed by atoms with Gasteiger partial charge in [0.05, 0.1) is 17.9 Å². The number of nitrogens with one attached hydrogen (secondary N) is 2. The van der Waals surface area contributed by atoms with Gasteiger partial charge >= 0.3 is 6.03 Å². The molecule has 4 aromatic rings. The second kappa shape index (κ2) is 10.3. The van der Waals surface area contributed by atoms with E-state index in [1.165, 1.54) is 18.9 Å². The van der Waals surface area contributed by atoms with E-state index in [0.717, 1.165) is 35.1 Å². The number of hydrogen-bond donors (Lipinski definition) is 2. The first-order valence-electron chi connectivity index (χ1n) is 13.2. The Labute approximate surface area is 225 Å². The smallest absolute Gasteiger partial charge is 0.320 e. The maximum absolute atomic E-state index is 14.1. The highest BCUT2D eigenvalue weighted by molar-refractivity contribution is 5.91. The lowest BCUT2D eigenvalue weighted by Crippen LogP contribution is -2.42. The largest absolute Gasteiger partial charge is 0.333 e. The minimum Gasteiger partial charge on any atom is -0.333 e. The molecular weight excluding hydrogens is 500 g/mol. The van der Waals surface area contributed by atoms with Crippen LogP contribution in [0.3, 0.4) is 0 Å². The molecule has 0 unspecified atom stereocenters. The lowest BCUT2D eigenvalue weighted by atomic mass is 9.94. The molecule has 8 nitrogen and oxygen atoms in total. The van der Waals surface area contributed by atoms with Crippen LogP contribution in [0.5, 0.6) is 0 Å². The van der Waals surface area contributed by atoms with Gasteiger partial charge in [-0.15, -0.1) is 0 Å². The van der Waals surface area contributed by atoms with Crippen molar-refractivity contribution in [3.63, 3.8) is 0 Å². The zero-order chi connectivity index (χ0) is 27.1. The predicted octanol–water partition coefficient (Wildman–Crippen LogP) is 4.86. The van der Waals surface area contributed by atoms with E-state index in [1.54, 1.807) is 21.6 Å². The van der Waals surface area contributed by atoms with Crippen molar-refractivity contribution in [1.29, 1.82) is 0 Å². The number of anilines is 1. The number of rotatable bonds is 7. The van der Waals surface area contributed by atoms with Gasteiger partial charge in [-0.3, -0.25) is 10.00 Å². The van der Waals surface area contributed by atoms with Gasteiger partial charge in [0, 0.05) is 49.9 Å². The van der Waals surface area contributed by atoms with E-state index in [2.05, 4.69) is 20.6 Å². The van der Waals surface area contributed by atoms with Gasteiger partial charge in [-0.05, 0) is 55.5 Å². The van der Waals surface area contributed by atoms with E-state index in [4.69, 9.17) is 5.10 Å². The second-order valence-corrected chi connectivity index (χ2v) is 10.6. The van der Waals surface area contributed by atoms with Gasteiger partial charge in [-0.2, -0.15) is 10.2 Å². The lowest BCUT2D eigenvalue weighted by Gasteiger charge is -2.21. The van der Waals surface area contributed by atoms with Gasteiger partial charge in [0.15, 0.2) is 11.6 Å². The van der Waals surface area contributed by atoms with Gasteiger partial charge in [-0.25, -0.2) is 18.3 Å². The van der Waals surface area contributed by atoms with Crippen LogP contribution in [-0.2, 0) is 7.05 Å². The first kappa shape index (κ1) is 25.2. The number of aromatic nitrogens is 4. The van der Waals surface area contributed by atoms with Crippen molar-refractivity contribution in [2.75, 3.05) is 25.0 Å². The Kier molecular flexibility index (Phi) is 6.64. The first-order valence-corrected chi connectivity index (χ1v) is 13.2. The summed E-state index contributed by atoms with van der Waals surface area (Å²) >= 11 is 0. The van der Waals surface area contributed by atoms with Crippen molar-refractivity contribution >= 4 is 11.8 Å². The molecule has 2 aliphatic rings. The van der Waals surface area contributed by atoms with E-state index < -0.39 is 11.6 Å². The number of nitrogens with zero attached hydrogens (tertiary/aromatic N) is 5. The maximum Gasteiger partial charge on any atom is 0.320 e. The number of carbonyl (C=O) groups is 1. The van der Waals surface area contributed by atoms with Crippen molar-refractivity contribution in [3.05, 3.63) is 83.7 Å². The van der Waals surface area contributed by atoms with Crippen molar-refractivity contribution in [3.8, 4) is 16.9 Å². The van der Waals surface area contributed by atoms with Crippen molar-refractivity contribution in [1.82, 2.24) is 29.8 Å². The van der Waals surface area contributed by atoms with E-state index in [9.17, 15) is 13.6 Å². The SMILES string of the molecule is Cc1c(-c2cnn(C)c2)nn(-c2ccccc2)c1NC(=O)N[C@@H]1CN(CC2CC2)C[C@H]1c1ccc(F)c(F)c1. The Balaban J connectivity index is 1.27. The predicted molar refractivity (Wildman–Crippen MR) is 145 cm³/mol. The summed E-state index contributed by atoms with van der Waals surface area (Å²) in [6, 6.07) is 13.0. The van der Waals surface area contributed by atoms with Crippen LogP contribution < -0.4 is 10.6 Å². The normalized spacial score (nSPS) is 19.4. The topological polar surface area (TPSA) is 80.0 Å². The molecule has 2 aromatic heterocycles. The number of benzene rings is 2. The first-order chi connectivity index (χ1) is 18.9. The highest BCUT2D eigenvalue weighted by atomic mass is 19.2. The fourth-order valence-electron chi connectivity index (χ4n) is 5.46. The summed E-state index contributed by atoms with van der Waals surface area (Å²) < 4.78 is 31.2. The molecule has 0 radical (unpaired) electrons. The summed E-state index contributed by atoms with van der Waals surface area (Å²) in [7, 11) is 1.84. The van der Waals surface area contributed by atoms with Gasteiger partial charge in [-0.1, -0.05) is 24.3 Å².